The van der Waals surface area contributed by atoms with Crippen molar-refractivity contribution in [1.29, 1.82) is 0 Å². The van der Waals surface area contributed by atoms with Crippen molar-refractivity contribution >= 4 is 27.6 Å². The maximum absolute atomic E-state index is 12.5. The van der Waals surface area contributed by atoms with Gasteiger partial charge in [-0.1, -0.05) is 36.3 Å². The van der Waals surface area contributed by atoms with E-state index < -0.39 is 32.4 Å². The summed E-state index contributed by atoms with van der Waals surface area (Å²) in [6, 6.07) is 11.3. The molecule has 0 fully saturated rings. The molecule has 10 heteroatoms. The summed E-state index contributed by atoms with van der Waals surface area (Å²) in [6.45, 7) is -0.0739. The third-order valence-corrected chi connectivity index (χ3v) is 5.65. The number of hydrogen-bond acceptors (Lipinski definition) is 5. The van der Waals surface area contributed by atoms with E-state index in [1.54, 1.807) is 30.3 Å². The van der Waals surface area contributed by atoms with Crippen LogP contribution in [-0.4, -0.2) is 30.0 Å². The van der Waals surface area contributed by atoms with Gasteiger partial charge in [-0.3, -0.25) is 4.79 Å². The topological polar surface area (TPSA) is 171 Å². The molecule has 9 nitrogen and oxygen atoms in total. The number of nitrogen functional groups attached to an aromatic ring is 1. The van der Waals surface area contributed by atoms with Gasteiger partial charge in [-0.05, 0) is 17.7 Å². The molecule has 3 rings (SSSR count). The Labute approximate surface area is 178 Å². The maximum Gasteiger partial charge on any atom is 0.353 e. The highest BCUT2D eigenvalue weighted by atomic mass is 32.2. The van der Waals surface area contributed by atoms with Crippen molar-refractivity contribution in [3.05, 3.63) is 59.9 Å². The normalized spacial score (nSPS) is 11.1. The van der Waals surface area contributed by atoms with Crippen LogP contribution in [0.4, 0.5) is 5.69 Å². The van der Waals surface area contributed by atoms with E-state index in [2.05, 4.69) is 5.92 Å². The minimum atomic E-state index is -4.55. The highest BCUT2D eigenvalue weighted by molar-refractivity contribution is 7.89. The highest BCUT2D eigenvalue weighted by Gasteiger charge is 2.31. The molecule has 0 radical (unpaired) electrons. The van der Waals surface area contributed by atoms with E-state index in [1.807, 2.05) is 0 Å². The van der Waals surface area contributed by atoms with Gasteiger partial charge in [-0.2, -0.15) is 0 Å². The molecule has 0 unspecified atom stereocenters. The zero-order valence-corrected chi connectivity index (χ0v) is 16.9. The molecular formula is C21H18N4O5S. The van der Waals surface area contributed by atoms with Crippen LogP contribution in [0.2, 0.25) is 0 Å². The molecule has 0 saturated heterocycles. The first-order chi connectivity index (χ1) is 14.6. The van der Waals surface area contributed by atoms with E-state index in [-0.39, 0.29) is 34.6 Å². The first-order valence-electron chi connectivity index (χ1n) is 8.78. The number of hydrogen-bond donors (Lipinski definition) is 4. The van der Waals surface area contributed by atoms with Crippen molar-refractivity contribution < 1.29 is 23.1 Å². The van der Waals surface area contributed by atoms with Gasteiger partial charge in [-0.25, -0.2) is 18.4 Å². The van der Waals surface area contributed by atoms with Crippen LogP contribution in [0.25, 0.3) is 22.3 Å². The van der Waals surface area contributed by atoms with Crippen LogP contribution in [0.1, 0.15) is 20.8 Å². The number of aromatic carboxylic acids is 1. The fourth-order valence-corrected chi connectivity index (χ4v) is 4.40. The molecule has 3 aromatic rings. The summed E-state index contributed by atoms with van der Waals surface area (Å²) in [5.74, 6) is -0.150. The average Bonchev–Trinajstić information content (AvgIpc) is 3.11. The Morgan fingerprint density at radius 1 is 1.10 bits per heavy atom. The van der Waals surface area contributed by atoms with E-state index in [1.165, 1.54) is 22.9 Å². The number of primary sulfonamides is 1. The minimum Gasteiger partial charge on any atom is -0.477 e. The van der Waals surface area contributed by atoms with Crippen LogP contribution >= 0.6 is 0 Å². The van der Waals surface area contributed by atoms with Crippen LogP contribution in [-0.2, 0) is 16.6 Å². The Bertz CT molecular complexity index is 1350. The number of aromatic nitrogens is 1. The Kier molecular flexibility index (Phi) is 5.57. The molecule has 31 heavy (non-hydrogen) atoms. The summed E-state index contributed by atoms with van der Waals surface area (Å²) in [7, 11) is -4.55. The fraction of sp³-hybridized carbons (Fsp3) is 0.0476. The van der Waals surface area contributed by atoms with Gasteiger partial charge in [0, 0.05) is 22.9 Å². The third-order valence-electron chi connectivity index (χ3n) is 4.65. The van der Waals surface area contributed by atoms with Crippen molar-refractivity contribution in [2.24, 2.45) is 10.9 Å². The standard InChI is InChI=1S/C21H18N4O5S/c1-2-9-25-10-8-13(18(25)21(27)28)15-11-14(12-6-4-3-5-7-12)17(22)16(20(23)26)19(15)31(24,29)30/h1,3-8,10-11H,9,22H2,(H2,23,26)(H,27,28)(H2,24,29,30). The SMILES string of the molecule is C#CCn1ccc(-c2cc(-c3ccccc3)c(N)c(C(N)=O)c2S(N)(=O)=O)c1C(=O)O. The van der Waals surface area contributed by atoms with Crippen LogP contribution in [0.5, 0.6) is 0 Å². The van der Waals surface area contributed by atoms with Gasteiger partial charge in [0.1, 0.15) is 10.6 Å². The number of rotatable bonds is 6. The number of carbonyl (C=O) groups is 2. The first kappa shape index (κ1) is 21.6. The number of primary amides is 1. The Hall–Kier alpha value is -4.07. The number of anilines is 1. The lowest BCUT2D eigenvalue weighted by Crippen LogP contribution is -2.24. The van der Waals surface area contributed by atoms with Gasteiger partial charge in [0.05, 0.1) is 17.8 Å². The number of nitrogens with two attached hydrogens (primary N) is 3. The van der Waals surface area contributed by atoms with E-state index in [4.69, 9.17) is 23.0 Å². The molecule has 0 bridgehead atoms. The van der Waals surface area contributed by atoms with Gasteiger partial charge in [0.2, 0.25) is 10.0 Å². The summed E-state index contributed by atoms with van der Waals surface area (Å²) in [5, 5.41) is 15.2. The Morgan fingerprint density at radius 3 is 2.26 bits per heavy atom. The minimum absolute atomic E-state index is 0.00791. The predicted molar refractivity (Wildman–Crippen MR) is 115 cm³/mol. The van der Waals surface area contributed by atoms with Crippen LogP contribution in [0.3, 0.4) is 0 Å². The second-order valence-corrected chi connectivity index (χ2v) is 8.08. The molecular weight excluding hydrogens is 420 g/mol. The summed E-state index contributed by atoms with van der Waals surface area (Å²) < 4.78 is 26.2. The second kappa shape index (κ2) is 7.98. The number of benzene rings is 2. The summed E-state index contributed by atoms with van der Waals surface area (Å²) in [5.41, 5.74) is 11.3. The van der Waals surface area contributed by atoms with Crippen molar-refractivity contribution in [2.75, 3.05) is 5.73 Å². The molecule has 0 saturated carbocycles. The van der Waals surface area contributed by atoms with Gasteiger partial charge in [0.25, 0.3) is 5.91 Å². The fourth-order valence-electron chi connectivity index (χ4n) is 3.43. The summed E-state index contributed by atoms with van der Waals surface area (Å²) in [4.78, 5) is 23.6. The van der Waals surface area contributed by atoms with Crippen LogP contribution in [0.15, 0.2) is 53.6 Å². The molecule has 0 atom stereocenters. The molecule has 1 heterocycles. The molecule has 0 aliphatic rings. The van der Waals surface area contributed by atoms with Crippen LogP contribution in [0, 0.1) is 12.3 Å². The largest absolute Gasteiger partial charge is 0.477 e. The Balaban J connectivity index is 2.54. The van der Waals surface area contributed by atoms with E-state index in [0.717, 1.165) is 0 Å². The molecule has 2 aromatic carbocycles. The van der Waals surface area contributed by atoms with Crippen molar-refractivity contribution in [3.8, 4) is 34.6 Å². The van der Waals surface area contributed by atoms with Crippen LogP contribution < -0.4 is 16.6 Å². The number of carbonyl (C=O) groups excluding carboxylic acids is 1. The highest BCUT2D eigenvalue weighted by Crippen LogP contribution is 2.41. The number of terminal acetylenes is 1. The zero-order chi connectivity index (χ0) is 22.9. The summed E-state index contributed by atoms with van der Waals surface area (Å²) in [6.07, 6.45) is 6.70. The lowest BCUT2D eigenvalue weighted by Gasteiger charge is -2.18. The van der Waals surface area contributed by atoms with E-state index in [0.29, 0.717) is 5.56 Å². The third kappa shape index (κ3) is 3.87. The lowest BCUT2D eigenvalue weighted by atomic mass is 9.93. The number of amides is 1. The quantitative estimate of drug-likeness (QED) is 0.335. The van der Waals surface area contributed by atoms with Gasteiger partial charge in [-0.15, -0.1) is 6.42 Å². The Morgan fingerprint density at radius 2 is 1.74 bits per heavy atom. The van der Waals surface area contributed by atoms with Crippen molar-refractivity contribution in [2.45, 2.75) is 11.4 Å². The van der Waals surface area contributed by atoms with Crippen molar-refractivity contribution in [1.82, 2.24) is 4.57 Å². The zero-order valence-electron chi connectivity index (χ0n) is 16.1. The molecule has 0 spiro atoms. The summed E-state index contributed by atoms with van der Waals surface area (Å²) >= 11 is 0. The number of sulfonamides is 1. The predicted octanol–water partition coefficient (Wildman–Crippen LogP) is 1.48. The van der Waals surface area contributed by atoms with Gasteiger partial charge < -0.3 is 21.1 Å². The monoisotopic (exact) mass is 438 g/mol. The number of nitrogens with zero attached hydrogens (tertiary/aromatic N) is 1. The second-order valence-electron chi connectivity index (χ2n) is 6.58. The smallest absolute Gasteiger partial charge is 0.353 e. The molecule has 0 aliphatic carbocycles. The number of carboxylic acids is 1. The maximum atomic E-state index is 12.5. The van der Waals surface area contributed by atoms with Gasteiger partial charge >= 0.3 is 5.97 Å². The van der Waals surface area contributed by atoms with E-state index in [9.17, 15) is 23.1 Å². The first-order valence-corrected chi connectivity index (χ1v) is 10.3. The van der Waals surface area contributed by atoms with Crippen molar-refractivity contribution in [3.63, 3.8) is 0 Å². The number of carboxylic acid groups (broad SMARTS) is 1. The average molecular weight is 438 g/mol. The molecule has 7 N–H and O–H groups in total. The van der Waals surface area contributed by atoms with E-state index >= 15 is 0 Å². The van der Waals surface area contributed by atoms with Gasteiger partial charge in [0.15, 0.2) is 0 Å². The molecule has 158 valence electrons. The lowest BCUT2D eigenvalue weighted by molar-refractivity contribution is 0.0686. The molecule has 1 aromatic heterocycles. The molecule has 0 aliphatic heterocycles. The molecule has 1 amide bonds.